The number of aromatic nitrogens is 2. The summed E-state index contributed by atoms with van der Waals surface area (Å²) in [4.78, 5) is 25.7. The number of hydrogen-bond donors (Lipinski definition) is 0. The summed E-state index contributed by atoms with van der Waals surface area (Å²) in [5.74, 6) is -0.475. The van der Waals surface area contributed by atoms with Crippen LogP contribution in [0.15, 0.2) is 47.5 Å². The van der Waals surface area contributed by atoms with Crippen molar-refractivity contribution >= 4 is 22.6 Å². The summed E-state index contributed by atoms with van der Waals surface area (Å²) in [6.45, 7) is -0.0234. The third-order valence-electron chi connectivity index (χ3n) is 2.91. The maximum absolute atomic E-state index is 12.2. The summed E-state index contributed by atoms with van der Waals surface area (Å²) < 4.78 is 6.67. The van der Waals surface area contributed by atoms with Gasteiger partial charge in [0.2, 0.25) is 6.33 Å². The second-order valence-electron chi connectivity index (χ2n) is 4.23. The zero-order valence-electron chi connectivity index (χ0n) is 10.2. The number of benzene rings is 1. The highest BCUT2D eigenvalue weighted by molar-refractivity contribution is 6.06. The second-order valence-corrected chi connectivity index (χ2v) is 4.23. The van der Waals surface area contributed by atoms with Crippen LogP contribution in [0.5, 0.6) is 0 Å². The molecule has 0 unspecified atom stereocenters. The van der Waals surface area contributed by atoms with Gasteiger partial charge in [0.25, 0.3) is 0 Å². The summed E-state index contributed by atoms with van der Waals surface area (Å²) in [5.41, 5.74) is 1.09. The van der Waals surface area contributed by atoms with Crippen molar-refractivity contribution < 1.29 is 14.1 Å². The molecule has 0 N–H and O–H groups in total. The zero-order valence-corrected chi connectivity index (χ0v) is 10.2. The smallest absolute Gasteiger partial charge is 0.381 e. The number of ketones is 1. The van der Waals surface area contributed by atoms with E-state index in [1.807, 2.05) is 12.1 Å². The SMILES string of the molecule is O=C(Cn1cnc([N+](=O)[O-])c1)c1coc2ccccc12. The van der Waals surface area contributed by atoms with Crippen molar-refractivity contribution in [3.8, 4) is 0 Å². The molecule has 100 valence electrons. The van der Waals surface area contributed by atoms with Gasteiger partial charge in [0.15, 0.2) is 5.78 Å². The van der Waals surface area contributed by atoms with E-state index in [-0.39, 0.29) is 18.1 Å². The largest absolute Gasteiger partial charge is 0.464 e. The van der Waals surface area contributed by atoms with Crippen molar-refractivity contribution in [3.05, 3.63) is 58.7 Å². The van der Waals surface area contributed by atoms with Crippen LogP contribution in [-0.2, 0) is 6.54 Å². The van der Waals surface area contributed by atoms with Crippen LogP contribution in [0.1, 0.15) is 10.4 Å². The molecule has 0 amide bonds. The van der Waals surface area contributed by atoms with Gasteiger partial charge in [0.05, 0.1) is 12.1 Å². The summed E-state index contributed by atoms with van der Waals surface area (Å²) in [5, 5.41) is 11.3. The highest BCUT2D eigenvalue weighted by atomic mass is 16.6. The lowest BCUT2D eigenvalue weighted by atomic mass is 10.1. The van der Waals surface area contributed by atoms with E-state index in [1.54, 1.807) is 12.1 Å². The summed E-state index contributed by atoms with van der Waals surface area (Å²) in [7, 11) is 0. The third kappa shape index (κ3) is 2.05. The molecular weight excluding hydrogens is 262 g/mol. The van der Waals surface area contributed by atoms with Crippen LogP contribution < -0.4 is 0 Å². The number of fused-ring (bicyclic) bond motifs is 1. The van der Waals surface area contributed by atoms with Crippen molar-refractivity contribution in [2.75, 3.05) is 0 Å². The molecule has 0 radical (unpaired) electrons. The first-order valence-corrected chi connectivity index (χ1v) is 5.81. The highest BCUT2D eigenvalue weighted by Gasteiger charge is 2.16. The minimum absolute atomic E-state index is 0.0234. The van der Waals surface area contributed by atoms with Gasteiger partial charge < -0.3 is 19.1 Å². The molecule has 3 rings (SSSR count). The Balaban J connectivity index is 1.87. The van der Waals surface area contributed by atoms with Crippen molar-refractivity contribution in [1.29, 1.82) is 0 Å². The van der Waals surface area contributed by atoms with Crippen LogP contribution in [0.4, 0.5) is 5.82 Å². The van der Waals surface area contributed by atoms with E-state index >= 15 is 0 Å². The average Bonchev–Trinajstić information content (AvgIpc) is 3.04. The molecule has 0 bridgehead atoms. The normalized spacial score (nSPS) is 10.8. The topological polar surface area (TPSA) is 91.2 Å². The van der Waals surface area contributed by atoms with Gasteiger partial charge >= 0.3 is 5.82 Å². The lowest BCUT2D eigenvalue weighted by molar-refractivity contribution is -0.389. The molecule has 0 atom stereocenters. The Morgan fingerprint density at radius 3 is 2.95 bits per heavy atom. The first kappa shape index (κ1) is 12.1. The molecule has 3 aromatic rings. The molecular formula is C13H9N3O4. The van der Waals surface area contributed by atoms with Gasteiger partial charge in [-0.15, -0.1) is 0 Å². The Bertz CT molecular complexity index is 803. The highest BCUT2D eigenvalue weighted by Crippen LogP contribution is 2.21. The predicted molar refractivity (Wildman–Crippen MR) is 69.4 cm³/mol. The molecule has 0 saturated heterocycles. The Kier molecular flexibility index (Phi) is 2.79. The molecule has 0 saturated carbocycles. The van der Waals surface area contributed by atoms with Crippen LogP contribution in [0.2, 0.25) is 0 Å². The number of para-hydroxylation sites is 1. The fourth-order valence-electron chi connectivity index (χ4n) is 1.97. The number of rotatable bonds is 4. The number of nitrogens with zero attached hydrogens (tertiary/aromatic N) is 3. The van der Waals surface area contributed by atoms with Gasteiger partial charge in [-0.2, -0.15) is 0 Å². The van der Waals surface area contributed by atoms with Gasteiger partial charge in [-0.1, -0.05) is 18.2 Å². The summed E-state index contributed by atoms with van der Waals surface area (Å²) in [6.07, 6.45) is 3.89. The van der Waals surface area contributed by atoms with Crippen LogP contribution in [-0.4, -0.2) is 20.3 Å². The molecule has 0 aliphatic rings. The van der Waals surface area contributed by atoms with E-state index in [1.165, 1.54) is 23.4 Å². The van der Waals surface area contributed by atoms with Gasteiger partial charge in [-0.3, -0.25) is 4.79 Å². The second kappa shape index (κ2) is 4.61. The average molecular weight is 271 g/mol. The van der Waals surface area contributed by atoms with Gasteiger partial charge in [-0.05, 0) is 16.0 Å². The van der Waals surface area contributed by atoms with E-state index in [0.717, 1.165) is 5.39 Å². The first-order chi connectivity index (χ1) is 9.65. The standard InChI is InChI=1S/C13H9N3O4/c17-11(5-15-6-13(14-8-15)16(18)19)10-7-20-12-4-2-1-3-9(10)12/h1-4,6-8H,5H2. The molecule has 0 aliphatic carbocycles. The number of imidazole rings is 1. The van der Waals surface area contributed by atoms with E-state index in [0.29, 0.717) is 11.1 Å². The number of carbonyl (C=O) groups is 1. The van der Waals surface area contributed by atoms with E-state index < -0.39 is 4.92 Å². The van der Waals surface area contributed by atoms with Crippen LogP contribution in [0.25, 0.3) is 11.0 Å². The minimum Gasteiger partial charge on any atom is -0.464 e. The molecule has 0 fully saturated rings. The minimum atomic E-state index is -0.603. The number of nitro groups is 1. The summed E-state index contributed by atoms with van der Waals surface area (Å²) in [6, 6.07) is 7.20. The van der Waals surface area contributed by atoms with Gasteiger partial charge in [-0.25, -0.2) is 0 Å². The number of Topliss-reactive ketones (excluding diaryl/α,β-unsaturated/α-hetero) is 1. The Hall–Kier alpha value is -2.96. The Morgan fingerprint density at radius 2 is 2.20 bits per heavy atom. The molecule has 7 nitrogen and oxygen atoms in total. The molecule has 0 spiro atoms. The molecule has 0 aliphatic heterocycles. The van der Waals surface area contributed by atoms with E-state index in [4.69, 9.17) is 4.42 Å². The van der Waals surface area contributed by atoms with Crippen molar-refractivity contribution in [1.82, 2.24) is 9.55 Å². The number of furan rings is 1. The number of carbonyl (C=O) groups excluding carboxylic acids is 1. The van der Waals surface area contributed by atoms with E-state index in [2.05, 4.69) is 4.98 Å². The fraction of sp³-hybridized carbons (Fsp3) is 0.0769. The Morgan fingerprint density at radius 1 is 1.40 bits per heavy atom. The maximum Gasteiger partial charge on any atom is 0.381 e. The van der Waals surface area contributed by atoms with Crippen molar-refractivity contribution in [2.45, 2.75) is 6.54 Å². The van der Waals surface area contributed by atoms with Crippen LogP contribution in [0.3, 0.4) is 0 Å². The molecule has 20 heavy (non-hydrogen) atoms. The fourth-order valence-corrected chi connectivity index (χ4v) is 1.97. The maximum atomic E-state index is 12.2. The van der Waals surface area contributed by atoms with Crippen LogP contribution >= 0.6 is 0 Å². The van der Waals surface area contributed by atoms with E-state index in [9.17, 15) is 14.9 Å². The predicted octanol–water partition coefficient (Wildman–Crippen LogP) is 2.42. The van der Waals surface area contributed by atoms with Gasteiger partial charge in [0.1, 0.15) is 18.0 Å². The molecule has 1 aromatic carbocycles. The molecule has 2 heterocycles. The quantitative estimate of drug-likeness (QED) is 0.413. The molecule has 7 heteroatoms. The number of hydrogen-bond acceptors (Lipinski definition) is 5. The summed E-state index contributed by atoms with van der Waals surface area (Å²) >= 11 is 0. The monoisotopic (exact) mass is 271 g/mol. The lowest BCUT2D eigenvalue weighted by Gasteiger charge is -1.98. The van der Waals surface area contributed by atoms with Gasteiger partial charge in [0, 0.05) is 5.39 Å². The first-order valence-electron chi connectivity index (χ1n) is 5.81. The van der Waals surface area contributed by atoms with Crippen molar-refractivity contribution in [3.63, 3.8) is 0 Å². The zero-order chi connectivity index (χ0) is 14.1. The third-order valence-corrected chi connectivity index (χ3v) is 2.91. The van der Waals surface area contributed by atoms with Crippen molar-refractivity contribution in [2.24, 2.45) is 0 Å². The lowest BCUT2D eigenvalue weighted by Crippen LogP contribution is -2.08. The van der Waals surface area contributed by atoms with Crippen LogP contribution in [0, 0.1) is 10.1 Å². The Labute approximate surface area is 112 Å². The molecule has 2 aromatic heterocycles.